The summed E-state index contributed by atoms with van der Waals surface area (Å²) in [5.74, 6) is -0.0448. The zero-order valence-electron chi connectivity index (χ0n) is 12.2. The summed E-state index contributed by atoms with van der Waals surface area (Å²) in [5, 5.41) is 8.65. The van der Waals surface area contributed by atoms with Crippen molar-refractivity contribution in [1.82, 2.24) is 4.90 Å². The van der Waals surface area contributed by atoms with Gasteiger partial charge in [0.25, 0.3) is 0 Å². The van der Waals surface area contributed by atoms with E-state index in [9.17, 15) is 9.59 Å². The molecule has 0 heterocycles. The van der Waals surface area contributed by atoms with Gasteiger partial charge < -0.3 is 14.7 Å². The zero-order chi connectivity index (χ0) is 15.2. The lowest BCUT2D eigenvalue weighted by molar-refractivity contribution is -0.137. The number of carbonyl (C=O) groups is 2. The van der Waals surface area contributed by atoms with Crippen molar-refractivity contribution in [2.24, 2.45) is 0 Å². The Balaban J connectivity index is 1.98. The van der Waals surface area contributed by atoms with E-state index in [1.54, 1.807) is 7.11 Å². The fraction of sp³-hybridized carbons (Fsp3) is 0.500. The number of carboxylic acid groups (broad SMARTS) is 1. The molecule has 1 aromatic rings. The van der Waals surface area contributed by atoms with Crippen LogP contribution in [0.4, 0.5) is 0 Å². The van der Waals surface area contributed by atoms with Gasteiger partial charge in [-0.1, -0.05) is 18.2 Å². The number of amides is 1. The Morgan fingerprint density at radius 2 is 2.00 bits per heavy atom. The molecule has 1 aliphatic rings. The summed E-state index contributed by atoms with van der Waals surface area (Å²) >= 11 is 0. The molecule has 1 saturated carbocycles. The first kappa shape index (κ1) is 15.4. The molecule has 0 aromatic heterocycles. The van der Waals surface area contributed by atoms with Gasteiger partial charge in [0.15, 0.2) is 0 Å². The molecule has 1 amide bonds. The maximum Gasteiger partial charge on any atom is 0.303 e. The monoisotopic (exact) mass is 291 g/mol. The average molecular weight is 291 g/mol. The van der Waals surface area contributed by atoms with Crippen molar-refractivity contribution in [2.75, 3.05) is 7.11 Å². The molecule has 0 atom stereocenters. The molecule has 5 heteroatoms. The number of aliphatic carboxylic acids is 1. The Kier molecular flexibility index (Phi) is 5.20. The number of benzene rings is 1. The van der Waals surface area contributed by atoms with Crippen LogP contribution in [0.5, 0.6) is 5.75 Å². The Morgan fingerprint density at radius 3 is 2.62 bits per heavy atom. The minimum absolute atomic E-state index is 0.0321. The van der Waals surface area contributed by atoms with E-state index >= 15 is 0 Å². The zero-order valence-corrected chi connectivity index (χ0v) is 12.2. The third kappa shape index (κ3) is 4.48. The smallest absolute Gasteiger partial charge is 0.303 e. The molecule has 1 N–H and O–H groups in total. The van der Waals surface area contributed by atoms with Crippen LogP contribution < -0.4 is 4.74 Å². The fourth-order valence-electron chi connectivity index (χ4n) is 2.36. The fourth-order valence-corrected chi connectivity index (χ4v) is 2.36. The summed E-state index contributed by atoms with van der Waals surface area (Å²) in [6.45, 7) is 0.528. The van der Waals surface area contributed by atoms with Crippen molar-refractivity contribution in [2.45, 2.75) is 44.7 Å². The summed E-state index contributed by atoms with van der Waals surface area (Å²) < 4.78 is 5.32. The van der Waals surface area contributed by atoms with Crippen molar-refractivity contribution in [3.63, 3.8) is 0 Å². The normalized spacial score (nSPS) is 13.8. The quantitative estimate of drug-likeness (QED) is 0.799. The van der Waals surface area contributed by atoms with Crippen LogP contribution in [0.25, 0.3) is 0 Å². The van der Waals surface area contributed by atoms with E-state index < -0.39 is 5.97 Å². The number of hydrogen-bond donors (Lipinski definition) is 1. The number of carbonyl (C=O) groups excluding carboxylic acids is 1. The molecule has 114 valence electrons. The Labute approximate surface area is 124 Å². The number of carboxylic acids is 1. The molecule has 0 unspecified atom stereocenters. The minimum Gasteiger partial charge on any atom is -0.496 e. The highest BCUT2D eigenvalue weighted by Crippen LogP contribution is 2.31. The second-order valence-electron chi connectivity index (χ2n) is 5.31. The van der Waals surface area contributed by atoms with Gasteiger partial charge in [-0.3, -0.25) is 9.59 Å². The van der Waals surface area contributed by atoms with E-state index in [0.29, 0.717) is 19.0 Å². The summed E-state index contributed by atoms with van der Waals surface area (Å²) in [6, 6.07) is 7.97. The van der Waals surface area contributed by atoms with Gasteiger partial charge in [0.05, 0.1) is 7.11 Å². The van der Waals surface area contributed by atoms with Crippen molar-refractivity contribution in [3.8, 4) is 5.75 Å². The molecule has 5 nitrogen and oxygen atoms in total. The number of nitrogens with zero attached hydrogens (tertiary/aromatic N) is 1. The second-order valence-corrected chi connectivity index (χ2v) is 5.31. The van der Waals surface area contributed by atoms with Crippen molar-refractivity contribution >= 4 is 11.9 Å². The van der Waals surface area contributed by atoms with Crippen molar-refractivity contribution in [1.29, 1.82) is 0 Å². The third-order valence-electron chi connectivity index (χ3n) is 3.62. The van der Waals surface area contributed by atoms with Gasteiger partial charge in [-0.05, 0) is 25.3 Å². The van der Waals surface area contributed by atoms with E-state index in [1.165, 1.54) is 0 Å². The maximum atomic E-state index is 12.3. The summed E-state index contributed by atoms with van der Waals surface area (Å²) in [4.78, 5) is 24.7. The van der Waals surface area contributed by atoms with E-state index in [0.717, 1.165) is 24.2 Å². The largest absolute Gasteiger partial charge is 0.496 e. The number of para-hydroxylation sites is 1. The molecule has 1 fully saturated rings. The molecule has 0 saturated heterocycles. The number of methoxy groups -OCH3 is 1. The maximum absolute atomic E-state index is 12.3. The third-order valence-corrected chi connectivity index (χ3v) is 3.62. The lowest BCUT2D eigenvalue weighted by Gasteiger charge is -2.23. The molecule has 0 bridgehead atoms. The highest BCUT2D eigenvalue weighted by molar-refractivity contribution is 5.77. The second kappa shape index (κ2) is 7.11. The average Bonchev–Trinajstić information content (AvgIpc) is 3.29. The summed E-state index contributed by atoms with van der Waals surface area (Å²) in [7, 11) is 1.62. The van der Waals surface area contributed by atoms with Gasteiger partial charge in [0.1, 0.15) is 5.75 Å². The van der Waals surface area contributed by atoms with E-state index in [1.807, 2.05) is 29.2 Å². The number of hydrogen-bond acceptors (Lipinski definition) is 3. The molecular formula is C16H21NO4. The first-order valence-corrected chi connectivity index (χ1v) is 7.25. The van der Waals surface area contributed by atoms with Crippen molar-refractivity contribution in [3.05, 3.63) is 29.8 Å². The number of ether oxygens (including phenoxy) is 1. The van der Waals surface area contributed by atoms with Crippen LogP contribution in [0.3, 0.4) is 0 Å². The van der Waals surface area contributed by atoms with Crippen LogP contribution >= 0.6 is 0 Å². The predicted octanol–water partition coefficient (Wildman–Crippen LogP) is 2.44. The van der Waals surface area contributed by atoms with Crippen LogP contribution in [-0.4, -0.2) is 35.0 Å². The van der Waals surface area contributed by atoms with Gasteiger partial charge in [0.2, 0.25) is 5.91 Å². The Morgan fingerprint density at radius 1 is 1.29 bits per heavy atom. The first-order valence-electron chi connectivity index (χ1n) is 7.25. The molecule has 1 aromatic carbocycles. The topological polar surface area (TPSA) is 66.8 Å². The van der Waals surface area contributed by atoms with Crippen LogP contribution in [-0.2, 0) is 16.1 Å². The SMILES string of the molecule is COc1ccccc1CN(C(=O)CCCC(=O)O)C1CC1. The Bertz CT molecular complexity index is 511. The molecular weight excluding hydrogens is 270 g/mol. The van der Waals surface area contributed by atoms with Crippen LogP contribution in [0.1, 0.15) is 37.7 Å². The summed E-state index contributed by atoms with van der Waals surface area (Å²) in [6.07, 6.45) is 2.78. The first-order chi connectivity index (χ1) is 10.1. The van der Waals surface area contributed by atoms with E-state index in [4.69, 9.17) is 9.84 Å². The van der Waals surface area contributed by atoms with E-state index in [2.05, 4.69) is 0 Å². The van der Waals surface area contributed by atoms with Crippen molar-refractivity contribution < 1.29 is 19.4 Å². The molecule has 2 rings (SSSR count). The Hall–Kier alpha value is -2.04. The molecule has 0 radical (unpaired) electrons. The van der Waals surface area contributed by atoms with E-state index in [-0.39, 0.29) is 18.7 Å². The molecule has 0 spiro atoms. The van der Waals surface area contributed by atoms with Crippen LogP contribution in [0.15, 0.2) is 24.3 Å². The lowest BCUT2D eigenvalue weighted by atomic mass is 10.1. The highest BCUT2D eigenvalue weighted by Gasteiger charge is 2.32. The molecule has 1 aliphatic carbocycles. The van der Waals surface area contributed by atoms with Gasteiger partial charge in [-0.25, -0.2) is 0 Å². The standard InChI is InChI=1S/C16H21NO4/c1-21-14-6-3-2-5-12(14)11-17(13-9-10-13)15(18)7-4-8-16(19)20/h2-3,5-6,13H,4,7-11H2,1H3,(H,19,20). The predicted molar refractivity (Wildman–Crippen MR) is 78.1 cm³/mol. The highest BCUT2D eigenvalue weighted by atomic mass is 16.5. The number of rotatable bonds is 8. The molecule has 0 aliphatic heterocycles. The van der Waals surface area contributed by atoms with Crippen LogP contribution in [0.2, 0.25) is 0 Å². The van der Waals surface area contributed by atoms with Gasteiger partial charge in [0, 0.05) is 31.0 Å². The van der Waals surface area contributed by atoms with Crippen LogP contribution in [0, 0.1) is 0 Å². The summed E-state index contributed by atoms with van der Waals surface area (Å²) in [5.41, 5.74) is 0.985. The molecule has 21 heavy (non-hydrogen) atoms. The van der Waals surface area contributed by atoms with Gasteiger partial charge in [-0.15, -0.1) is 0 Å². The lowest BCUT2D eigenvalue weighted by Crippen LogP contribution is -2.32. The van der Waals surface area contributed by atoms with Gasteiger partial charge >= 0.3 is 5.97 Å². The van der Waals surface area contributed by atoms with Gasteiger partial charge in [-0.2, -0.15) is 0 Å². The minimum atomic E-state index is -0.856.